The van der Waals surface area contributed by atoms with Gasteiger partial charge in [-0.25, -0.2) is 0 Å². The molecule has 0 radical (unpaired) electrons. The Bertz CT molecular complexity index is 439. The van der Waals surface area contributed by atoms with E-state index >= 15 is 0 Å². The van der Waals surface area contributed by atoms with Crippen LogP contribution in [-0.4, -0.2) is 18.3 Å². The van der Waals surface area contributed by atoms with E-state index in [1.807, 2.05) is 18.2 Å². The Kier molecular flexibility index (Phi) is 2.33. The molecule has 1 aromatic rings. The van der Waals surface area contributed by atoms with Gasteiger partial charge < -0.3 is 14.2 Å². The smallest absolute Gasteiger partial charge is 0.132 e. The van der Waals surface area contributed by atoms with E-state index < -0.39 is 0 Å². The highest BCUT2D eigenvalue weighted by Gasteiger charge is 2.56. The Balaban J connectivity index is 1.88. The van der Waals surface area contributed by atoms with Crippen LogP contribution in [0.4, 0.5) is 0 Å². The fourth-order valence-electron chi connectivity index (χ4n) is 2.37. The third kappa shape index (κ3) is 1.78. The summed E-state index contributed by atoms with van der Waals surface area (Å²) < 4.78 is 17.3. The van der Waals surface area contributed by atoms with Crippen LogP contribution in [0.25, 0.3) is 0 Å². The molecule has 1 aromatic carbocycles. The minimum absolute atomic E-state index is 0.191. The lowest BCUT2D eigenvalue weighted by atomic mass is 9.94. The number of rotatable bonds is 3. The van der Waals surface area contributed by atoms with Crippen molar-refractivity contribution >= 4 is 0 Å². The van der Waals surface area contributed by atoms with Gasteiger partial charge in [-0.15, -0.1) is 0 Å². The average molecular weight is 234 g/mol. The van der Waals surface area contributed by atoms with Crippen molar-refractivity contribution in [1.29, 1.82) is 0 Å². The highest BCUT2D eigenvalue weighted by Crippen LogP contribution is 2.54. The maximum atomic E-state index is 5.95. The second-order valence-electron chi connectivity index (χ2n) is 5.23. The third-order valence-corrected chi connectivity index (χ3v) is 3.31. The SMILES string of the molecule is CCCOc1ccc2c(c1)C1OC1C(C)(C)O2. The third-order valence-electron chi connectivity index (χ3n) is 3.31. The van der Waals surface area contributed by atoms with Gasteiger partial charge in [0, 0.05) is 5.56 Å². The average Bonchev–Trinajstić information content (AvgIpc) is 3.07. The molecule has 17 heavy (non-hydrogen) atoms. The highest BCUT2D eigenvalue weighted by molar-refractivity contribution is 5.46. The number of hydrogen-bond acceptors (Lipinski definition) is 3. The molecule has 3 heteroatoms. The van der Waals surface area contributed by atoms with Crippen molar-refractivity contribution < 1.29 is 14.2 Å². The summed E-state index contributed by atoms with van der Waals surface area (Å²) >= 11 is 0. The predicted molar refractivity (Wildman–Crippen MR) is 64.5 cm³/mol. The second kappa shape index (κ2) is 3.64. The molecule has 2 aliphatic rings. The largest absolute Gasteiger partial charge is 0.494 e. The van der Waals surface area contributed by atoms with E-state index in [9.17, 15) is 0 Å². The van der Waals surface area contributed by atoms with Crippen LogP contribution in [0.15, 0.2) is 18.2 Å². The van der Waals surface area contributed by atoms with Gasteiger partial charge in [0.05, 0.1) is 6.61 Å². The number of fused-ring (bicyclic) bond motifs is 3. The zero-order valence-electron chi connectivity index (χ0n) is 10.5. The van der Waals surface area contributed by atoms with Gasteiger partial charge in [-0.05, 0) is 38.5 Å². The monoisotopic (exact) mass is 234 g/mol. The normalized spacial score (nSPS) is 27.7. The van der Waals surface area contributed by atoms with Gasteiger partial charge in [0.25, 0.3) is 0 Å². The summed E-state index contributed by atoms with van der Waals surface area (Å²) in [6.45, 7) is 6.99. The van der Waals surface area contributed by atoms with Gasteiger partial charge >= 0.3 is 0 Å². The molecule has 0 spiro atoms. The summed E-state index contributed by atoms with van der Waals surface area (Å²) in [6.07, 6.45) is 1.40. The van der Waals surface area contributed by atoms with E-state index in [1.54, 1.807) is 0 Å². The first kappa shape index (κ1) is 10.9. The number of epoxide rings is 1. The Hall–Kier alpha value is -1.22. The van der Waals surface area contributed by atoms with Gasteiger partial charge in [-0.3, -0.25) is 0 Å². The first-order chi connectivity index (χ1) is 8.12. The lowest BCUT2D eigenvalue weighted by molar-refractivity contribution is 0.0724. The maximum Gasteiger partial charge on any atom is 0.132 e. The van der Waals surface area contributed by atoms with Gasteiger partial charge in [-0.1, -0.05) is 6.92 Å². The van der Waals surface area contributed by atoms with E-state index in [0.29, 0.717) is 0 Å². The molecule has 1 saturated heterocycles. The van der Waals surface area contributed by atoms with Crippen molar-refractivity contribution in [2.75, 3.05) is 6.61 Å². The second-order valence-corrected chi connectivity index (χ2v) is 5.23. The number of ether oxygens (including phenoxy) is 3. The number of benzene rings is 1. The van der Waals surface area contributed by atoms with E-state index in [0.717, 1.165) is 30.1 Å². The van der Waals surface area contributed by atoms with Crippen LogP contribution in [0.3, 0.4) is 0 Å². The molecular formula is C14H18O3. The maximum absolute atomic E-state index is 5.95. The Labute approximate surface area is 102 Å². The summed E-state index contributed by atoms with van der Waals surface area (Å²) in [5.74, 6) is 1.83. The van der Waals surface area contributed by atoms with Gasteiger partial charge in [0.15, 0.2) is 0 Å². The van der Waals surface area contributed by atoms with Crippen molar-refractivity contribution in [2.24, 2.45) is 0 Å². The van der Waals surface area contributed by atoms with Crippen LogP contribution in [0.2, 0.25) is 0 Å². The molecule has 2 aliphatic heterocycles. The van der Waals surface area contributed by atoms with Crippen LogP contribution in [0.5, 0.6) is 11.5 Å². The van der Waals surface area contributed by atoms with Gasteiger partial charge in [0.1, 0.15) is 29.3 Å². The van der Waals surface area contributed by atoms with E-state index in [-0.39, 0.29) is 17.8 Å². The molecule has 92 valence electrons. The van der Waals surface area contributed by atoms with Crippen molar-refractivity contribution in [3.8, 4) is 11.5 Å². The molecule has 0 aromatic heterocycles. The number of hydrogen-bond donors (Lipinski definition) is 0. The fraction of sp³-hybridized carbons (Fsp3) is 0.571. The molecule has 3 nitrogen and oxygen atoms in total. The predicted octanol–water partition coefficient (Wildman–Crippen LogP) is 3.09. The van der Waals surface area contributed by atoms with Crippen LogP contribution < -0.4 is 9.47 Å². The molecular weight excluding hydrogens is 216 g/mol. The van der Waals surface area contributed by atoms with Crippen molar-refractivity contribution in [3.63, 3.8) is 0 Å². The molecule has 0 aliphatic carbocycles. The first-order valence-electron chi connectivity index (χ1n) is 6.23. The summed E-state index contributed by atoms with van der Waals surface area (Å²) in [4.78, 5) is 0. The van der Waals surface area contributed by atoms with Crippen LogP contribution in [0.1, 0.15) is 38.9 Å². The fourth-order valence-corrected chi connectivity index (χ4v) is 2.37. The molecule has 2 atom stereocenters. The zero-order valence-corrected chi connectivity index (χ0v) is 10.5. The Morgan fingerprint density at radius 3 is 2.94 bits per heavy atom. The lowest BCUT2D eigenvalue weighted by Gasteiger charge is -2.29. The van der Waals surface area contributed by atoms with Crippen LogP contribution in [-0.2, 0) is 4.74 Å². The summed E-state index contributed by atoms with van der Waals surface area (Å²) in [7, 11) is 0. The molecule has 1 fully saturated rings. The Morgan fingerprint density at radius 2 is 2.18 bits per heavy atom. The molecule has 2 heterocycles. The molecule has 3 rings (SSSR count). The van der Waals surface area contributed by atoms with E-state index in [2.05, 4.69) is 20.8 Å². The van der Waals surface area contributed by atoms with Crippen LogP contribution >= 0.6 is 0 Å². The van der Waals surface area contributed by atoms with Gasteiger partial charge in [-0.2, -0.15) is 0 Å². The van der Waals surface area contributed by atoms with Crippen molar-refractivity contribution in [3.05, 3.63) is 23.8 Å². The Morgan fingerprint density at radius 1 is 1.35 bits per heavy atom. The topological polar surface area (TPSA) is 31.0 Å². The molecule has 0 bridgehead atoms. The van der Waals surface area contributed by atoms with Crippen molar-refractivity contribution in [1.82, 2.24) is 0 Å². The lowest BCUT2D eigenvalue weighted by Crippen LogP contribution is -2.37. The van der Waals surface area contributed by atoms with E-state index in [4.69, 9.17) is 14.2 Å². The molecule has 0 amide bonds. The molecule has 2 unspecified atom stereocenters. The zero-order chi connectivity index (χ0) is 12.0. The quantitative estimate of drug-likeness (QED) is 0.753. The molecule has 0 N–H and O–H groups in total. The van der Waals surface area contributed by atoms with Gasteiger partial charge in [0.2, 0.25) is 0 Å². The summed E-state index contributed by atoms with van der Waals surface area (Å²) in [6, 6.07) is 6.00. The summed E-state index contributed by atoms with van der Waals surface area (Å²) in [5, 5.41) is 0. The standard InChI is InChI=1S/C14H18O3/c1-4-7-15-9-5-6-11-10(8-9)12-13(16-12)14(2,3)17-11/h5-6,8,12-13H,4,7H2,1-3H3. The van der Waals surface area contributed by atoms with Crippen LogP contribution in [0, 0.1) is 0 Å². The molecule has 0 saturated carbocycles. The minimum Gasteiger partial charge on any atom is -0.494 e. The first-order valence-corrected chi connectivity index (χ1v) is 6.23. The highest BCUT2D eigenvalue weighted by atomic mass is 16.6. The summed E-state index contributed by atoms with van der Waals surface area (Å²) in [5.41, 5.74) is 0.909. The van der Waals surface area contributed by atoms with Crippen molar-refractivity contribution in [2.45, 2.75) is 45.0 Å². The minimum atomic E-state index is -0.219. The van der Waals surface area contributed by atoms with E-state index in [1.165, 1.54) is 0 Å².